The van der Waals surface area contributed by atoms with Gasteiger partial charge in [-0.25, -0.2) is 0 Å². The van der Waals surface area contributed by atoms with Gasteiger partial charge in [0.25, 0.3) is 0 Å². The van der Waals surface area contributed by atoms with E-state index >= 15 is 0 Å². The highest BCUT2D eigenvalue weighted by molar-refractivity contribution is 6.17. The van der Waals surface area contributed by atoms with Crippen LogP contribution >= 0.6 is 0 Å². The van der Waals surface area contributed by atoms with Crippen LogP contribution in [0, 0.1) is 13.8 Å². The standard InChI is InChI=1S/C36H28/c1-25-13-9-11-19-29(25)33-23-21-32(28-17-7-4-8-18-28)36-34(30-20-12-10-14-26(30)2)24-22-31(35(33)36)27-15-5-3-6-16-27/h3-24H,1-2H3. The van der Waals surface area contributed by atoms with Gasteiger partial charge in [0.05, 0.1) is 0 Å². The minimum Gasteiger partial charge on any atom is -0.0622 e. The summed E-state index contributed by atoms with van der Waals surface area (Å²) < 4.78 is 0. The molecule has 172 valence electrons. The Balaban J connectivity index is 1.83. The molecule has 0 spiro atoms. The number of rotatable bonds is 4. The van der Waals surface area contributed by atoms with E-state index in [2.05, 4.69) is 147 Å². The molecule has 0 saturated heterocycles. The summed E-state index contributed by atoms with van der Waals surface area (Å²) in [5.74, 6) is 0. The van der Waals surface area contributed by atoms with Crippen LogP contribution in [0.25, 0.3) is 55.3 Å². The minimum absolute atomic E-state index is 1.24. The van der Waals surface area contributed by atoms with Crippen molar-refractivity contribution in [1.29, 1.82) is 0 Å². The molecule has 0 atom stereocenters. The molecule has 0 aliphatic rings. The Morgan fingerprint density at radius 2 is 0.611 bits per heavy atom. The molecule has 6 aromatic rings. The summed E-state index contributed by atoms with van der Waals surface area (Å²) in [5.41, 5.74) is 12.7. The molecule has 0 fully saturated rings. The van der Waals surface area contributed by atoms with E-state index < -0.39 is 0 Å². The summed E-state index contributed by atoms with van der Waals surface area (Å²) in [4.78, 5) is 0. The maximum Gasteiger partial charge on any atom is -0.00142 e. The Kier molecular flexibility index (Phi) is 5.71. The zero-order valence-corrected chi connectivity index (χ0v) is 20.7. The number of benzene rings is 6. The Labute approximate surface area is 213 Å². The van der Waals surface area contributed by atoms with Crippen LogP contribution in [-0.2, 0) is 0 Å². The zero-order chi connectivity index (χ0) is 24.5. The molecule has 6 aromatic carbocycles. The fraction of sp³-hybridized carbons (Fsp3) is 0.0556. The number of fused-ring (bicyclic) bond motifs is 1. The minimum atomic E-state index is 1.24. The molecule has 0 radical (unpaired) electrons. The van der Waals surface area contributed by atoms with Crippen molar-refractivity contribution in [2.24, 2.45) is 0 Å². The van der Waals surface area contributed by atoms with E-state index in [1.165, 1.54) is 66.4 Å². The summed E-state index contributed by atoms with van der Waals surface area (Å²) in [6.07, 6.45) is 0. The van der Waals surface area contributed by atoms with E-state index in [0.29, 0.717) is 0 Å². The van der Waals surface area contributed by atoms with E-state index in [4.69, 9.17) is 0 Å². The first-order valence-corrected chi connectivity index (χ1v) is 12.5. The first-order valence-electron chi connectivity index (χ1n) is 12.5. The lowest BCUT2D eigenvalue weighted by Crippen LogP contribution is -1.94. The molecule has 6 rings (SSSR count). The third kappa shape index (κ3) is 3.82. The molecule has 0 saturated carbocycles. The van der Waals surface area contributed by atoms with E-state index in [-0.39, 0.29) is 0 Å². The molecule has 0 heteroatoms. The van der Waals surface area contributed by atoms with E-state index in [1.807, 2.05) is 0 Å². The predicted octanol–water partition coefficient (Wildman–Crippen LogP) is 10.1. The van der Waals surface area contributed by atoms with Crippen molar-refractivity contribution >= 4 is 10.8 Å². The van der Waals surface area contributed by atoms with Gasteiger partial charge < -0.3 is 0 Å². The molecular formula is C36H28. The molecule has 0 aliphatic carbocycles. The average Bonchev–Trinajstić information content (AvgIpc) is 2.94. The van der Waals surface area contributed by atoms with Crippen molar-refractivity contribution in [3.63, 3.8) is 0 Å². The van der Waals surface area contributed by atoms with Gasteiger partial charge in [0.15, 0.2) is 0 Å². The second-order valence-corrected chi connectivity index (χ2v) is 9.43. The SMILES string of the molecule is Cc1ccccc1-c1ccc(-c2ccccc2)c2c(-c3ccccc3C)ccc(-c3ccccc3)c12. The summed E-state index contributed by atoms with van der Waals surface area (Å²) >= 11 is 0. The highest BCUT2D eigenvalue weighted by Gasteiger charge is 2.19. The topological polar surface area (TPSA) is 0 Å². The number of hydrogen-bond acceptors (Lipinski definition) is 0. The van der Waals surface area contributed by atoms with Gasteiger partial charge in [0.1, 0.15) is 0 Å². The molecule has 0 unspecified atom stereocenters. The van der Waals surface area contributed by atoms with Crippen molar-refractivity contribution in [2.75, 3.05) is 0 Å². The fourth-order valence-electron chi connectivity index (χ4n) is 5.41. The van der Waals surface area contributed by atoms with Gasteiger partial charge in [-0.3, -0.25) is 0 Å². The fourth-order valence-corrected chi connectivity index (χ4v) is 5.41. The zero-order valence-electron chi connectivity index (χ0n) is 20.7. The molecule has 0 amide bonds. The van der Waals surface area contributed by atoms with Crippen LogP contribution in [-0.4, -0.2) is 0 Å². The quantitative estimate of drug-likeness (QED) is 0.245. The highest BCUT2D eigenvalue weighted by atomic mass is 14.2. The summed E-state index contributed by atoms with van der Waals surface area (Å²) in [6.45, 7) is 4.42. The van der Waals surface area contributed by atoms with Crippen LogP contribution < -0.4 is 0 Å². The third-order valence-corrected chi connectivity index (χ3v) is 7.20. The number of aryl methyl sites for hydroxylation is 2. The van der Waals surface area contributed by atoms with Crippen molar-refractivity contribution in [2.45, 2.75) is 13.8 Å². The van der Waals surface area contributed by atoms with Crippen LogP contribution in [0.2, 0.25) is 0 Å². The lowest BCUT2D eigenvalue weighted by atomic mass is 9.82. The lowest BCUT2D eigenvalue weighted by Gasteiger charge is -2.21. The van der Waals surface area contributed by atoms with E-state index in [9.17, 15) is 0 Å². The number of hydrogen-bond donors (Lipinski definition) is 0. The lowest BCUT2D eigenvalue weighted by molar-refractivity contribution is 1.46. The van der Waals surface area contributed by atoms with Crippen molar-refractivity contribution in [1.82, 2.24) is 0 Å². The second kappa shape index (κ2) is 9.32. The second-order valence-electron chi connectivity index (χ2n) is 9.43. The van der Waals surface area contributed by atoms with Crippen molar-refractivity contribution in [3.05, 3.63) is 145 Å². The monoisotopic (exact) mass is 460 g/mol. The van der Waals surface area contributed by atoms with E-state index in [1.54, 1.807) is 0 Å². The van der Waals surface area contributed by atoms with Gasteiger partial charge in [-0.05, 0) is 80.3 Å². The van der Waals surface area contributed by atoms with Gasteiger partial charge in [0, 0.05) is 0 Å². The Hall–Kier alpha value is -4.42. The summed E-state index contributed by atoms with van der Waals surface area (Å²) in [7, 11) is 0. The van der Waals surface area contributed by atoms with Crippen molar-refractivity contribution < 1.29 is 0 Å². The largest absolute Gasteiger partial charge is 0.0622 e. The maximum atomic E-state index is 2.32. The molecule has 0 nitrogen and oxygen atoms in total. The molecule has 0 N–H and O–H groups in total. The van der Waals surface area contributed by atoms with Crippen LogP contribution in [0.1, 0.15) is 11.1 Å². The third-order valence-electron chi connectivity index (χ3n) is 7.20. The van der Waals surface area contributed by atoms with E-state index in [0.717, 1.165) is 0 Å². The Bertz CT molecular complexity index is 1550. The van der Waals surface area contributed by atoms with Gasteiger partial charge in [-0.2, -0.15) is 0 Å². The average molecular weight is 461 g/mol. The van der Waals surface area contributed by atoms with Crippen LogP contribution in [0.5, 0.6) is 0 Å². The van der Waals surface area contributed by atoms with Crippen LogP contribution in [0.15, 0.2) is 133 Å². The smallest absolute Gasteiger partial charge is 0.00142 e. The normalized spacial score (nSPS) is 11.1. The molecule has 0 heterocycles. The van der Waals surface area contributed by atoms with Gasteiger partial charge in [-0.1, -0.05) is 133 Å². The maximum absolute atomic E-state index is 2.32. The van der Waals surface area contributed by atoms with Crippen LogP contribution in [0.3, 0.4) is 0 Å². The first-order chi connectivity index (χ1) is 17.7. The molecule has 0 aliphatic heterocycles. The summed E-state index contributed by atoms with van der Waals surface area (Å²) in [5, 5.41) is 2.61. The molecular weight excluding hydrogens is 432 g/mol. The van der Waals surface area contributed by atoms with Gasteiger partial charge >= 0.3 is 0 Å². The Morgan fingerprint density at radius 3 is 1.00 bits per heavy atom. The molecule has 0 bridgehead atoms. The molecule has 36 heavy (non-hydrogen) atoms. The first kappa shape index (κ1) is 22.1. The predicted molar refractivity (Wildman–Crippen MR) is 155 cm³/mol. The summed E-state index contributed by atoms with van der Waals surface area (Å²) in [6, 6.07) is 48.3. The van der Waals surface area contributed by atoms with Crippen molar-refractivity contribution in [3.8, 4) is 44.5 Å². The van der Waals surface area contributed by atoms with Crippen LogP contribution in [0.4, 0.5) is 0 Å². The Morgan fingerprint density at radius 1 is 0.278 bits per heavy atom. The van der Waals surface area contributed by atoms with Gasteiger partial charge in [-0.15, -0.1) is 0 Å². The highest BCUT2D eigenvalue weighted by Crippen LogP contribution is 2.46. The van der Waals surface area contributed by atoms with Gasteiger partial charge in [0.2, 0.25) is 0 Å². The molecule has 0 aromatic heterocycles.